The molecule has 0 atom stereocenters. The average molecular weight is 289 g/mol. The van der Waals surface area contributed by atoms with E-state index in [9.17, 15) is 19.2 Å². The molecular weight excluding hydrogens is 278 g/mol. The summed E-state index contributed by atoms with van der Waals surface area (Å²) in [6.07, 6.45) is 3.53. The fourth-order valence-electron chi connectivity index (χ4n) is 1.74. The molecule has 0 saturated heterocycles. The van der Waals surface area contributed by atoms with Crippen molar-refractivity contribution in [1.82, 2.24) is 19.9 Å². The van der Waals surface area contributed by atoms with Gasteiger partial charge in [-0.05, 0) is 0 Å². The van der Waals surface area contributed by atoms with Gasteiger partial charge in [-0.15, -0.1) is 0 Å². The van der Waals surface area contributed by atoms with Crippen molar-refractivity contribution in [3.05, 3.63) is 50.8 Å². The number of rotatable bonds is 1. The predicted octanol–water partition coefficient (Wildman–Crippen LogP) is -0.320. The number of anilines is 1. The van der Waals surface area contributed by atoms with Gasteiger partial charge >= 0.3 is 5.69 Å². The summed E-state index contributed by atoms with van der Waals surface area (Å²) in [4.78, 5) is 58.8. The molecule has 3 rings (SSSR count). The lowest BCUT2D eigenvalue weighted by atomic mass is 10.3. The first kappa shape index (κ1) is 14.3. The van der Waals surface area contributed by atoms with E-state index < -0.39 is 23.1 Å². The zero-order valence-electron chi connectivity index (χ0n) is 11.2. The molecule has 0 bridgehead atoms. The predicted molar refractivity (Wildman–Crippen MR) is 72.2 cm³/mol. The normalized spacial score (nSPS) is 12.8. The number of H-pyrrole nitrogens is 2. The first-order valence-corrected chi connectivity index (χ1v) is 6.11. The van der Waals surface area contributed by atoms with E-state index in [1.807, 2.05) is 18.8 Å². The molecule has 0 spiro atoms. The average Bonchev–Trinajstić information content (AvgIpc) is 2.75. The third-order valence-corrected chi connectivity index (χ3v) is 2.55. The second-order valence-electron chi connectivity index (χ2n) is 3.66. The molecule has 9 heteroatoms. The van der Waals surface area contributed by atoms with Gasteiger partial charge in [0.05, 0.1) is 0 Å². The summed E-state index contributed by atoms with van der Waals surface area (Å²) in [5.41, 5.74) is -2.12. The van der Waals surface area contributed by atoms with Gasteiger partial charge in [0.1, 0.15) is 5.69 Å². The van der Waals surface area contributed by atoms with Crippen molar-refractivity contribution in [3.8, 4) is 0 Å². The summed E-state index contributed by atoms with van der Waals surface area (Å²) in [6.45, 7) is 4.00. The minimum Gasteiger partial charge on any atom is -0.312 e. The molecule has 0 aromatic carbocycles. The molecule has 0 saturated carbocycles. The van der Waals surface area contributed by atoms with Crippen LogP contribution in [0, 0.1) is 0 Å². The molecule has 1 aliphatic rings. The fourth-order valence-corrected chi connectivity index (χ4v) is 1.74. The second kappa shape index (κ2) is 5.49. The Morgan fingerprint density at radius 3 is 1.95 bits per heavy atom. The molecule has 21 heavy (non-hydrogen) atoms. The minimum atomic E-state index is -0.849. The smallest absolute Gasteiger partial charge is 0.312 e. The Morgan fingerprint density at radius 2 is 1.48 bits per heavy atom. The zero-order chi connectivity index (χ0) is 15.6. The number of hydrogen-bond acceptors (Lipinski definition) is 6. The van der Waals surface area contributed by atoms with Gasteiger partial charge in [0.25, 0.3) is 17.4 Å². The highest BCUT2D eigenvalue weighted by Crippen LogP contribution is 2.21. The molecule has 0 radical (unpaired) electrons. The molecule has 9 nitrogen and oxygen atoms in total. The standard InChI is InChI=1S/C10H5N5O4.C2H6/c16-7-4(3-13-10(19)14-7)15-8(17)5-6(9(15)18)12-2-1-11-5;1-2/h1-3H,(H2,13,14,16,19);1-2H3. The summed E-state index contributed by atoms with van der Waals surface area (Å²) in [7, 11) is 0. The molecule has 2 N–H and O–H groups in total. The molecule has 2 aromatic heterocycles. The van der Waals surface area contributed by atoms with Crippen molar-refractivity contribution >= 4 is 17.5 Å². The van der Waals surface area contributed by atoms with Crippen molar-refractivity contribution in [1.29, 1.82) is 0 Å². The fraction of sp³-hybridized carbons (Fsp3) is 0.167. The van der Waals surface area contributed by atoms with E-state index in [1.54, 1.807) is 0 Å². The number of fused-ring (bicyclic) bond motifs is 1. The van der Waals surface area contributed by atoms with Gasteiger partial charge in [-0.2, -0.15) is 0 Å². The van der Waals surface area contributed by atoms with Crippen molar-refractivity contribution in [2.24, 2.45) is 0 Å². The summed E-state index contributed by atoms with van der Waals surface area (Å²) in [5, 5.41) is 0. The number of imide groups is 1. The van der Waals surface area contributed by atoms with Crippen LogP contribution >= 0.6 is 0 Å². The van der Waals surface area contributed by atoms with Crippen molar-refractivity contribution in [2.75, 3.05) is 4.90 Å². The molecule has 2 amide bonds. The lowest BCUT2D eigenvalue weighted by Crippen LogP contribution is -2.36. The number of amides is 2. The third kappa shape index (κ3) is 2.24. The van der Waals surface area contributed by atoms with Crippen LogP contribution in [-0.2, 0) is 0 Å². The van der Waals surface area contributed by atoms with Crippen LogP contribution in [0.3, 0.4) is 0 Å². The maximum atomic E-state index is 12.0. The van der Waals surface area contributed by atoms with E-state index >= 15 is 0 Å². The van der Waals surface area contributed by atoms with Crippen LogP contribution in [-0.4, -0.2) is 31.8 Å². The van der Waals surface area contributed by atoms with Gasteiger partial charge in [-0.1, -0.05) is 13.8 Å². The number of nitrogens with one attached hydrogen (secondary N) is 2. The Labute approximate surface area is 117 Å². The Kier molecular flexibility index (Phi) is 3.74. The molecule has 0 aliphatic carbocycles. The van der Waals surface area contributed by atoms with Crippen LogP contribution in [0.2, 0.25) is 0 Å². The van der Waals surface area contributed by atoms with Gasteiger partial charge in [-0.3, -0.25) is 19.4 Å². The molecule has 2 aromatic rings. The maximum Gasteiger partial charge on any atom is 0.325 e. The summed E-state index contributed by atoms with van der Waals surface area (Å²) < 4.78 is 0. The maximum absolute atomic E-state index is 12.0. The van der Waals surface area contributed by atoms with Gasteiger partial charge in [0.2, 0.25) is 0 Å². The van der Waals surface area contributed by atoms with E-state index in [0.717, 1.165) is 6.20 Å². The van der Waals surface area contributed by atoms with Crippen LogP contribution in [0.5, 0.6) is 0 Å². The highest BCUT2D eigenvalue weighted by molar-refractivity contribution is 6.32. The Hall–Kier alpha value is -3.10. The van der Waals surface area contributed by atoms with Gasteiger partial charge in [0.15, 0.2) is 11.4 Å². The molecule has 0 fully saturated rings. The largest absolute Gasteiger partial charge is 0.325 e. The molecule has 1 aliphatic heterocycles. The lowest BCUT2D eigenvalue weighted by Gasteiger charge is -2.10. The SMILES string of the molecule is CC.O=C1c2nccnc2C(=O)N1c1c[nH]c(=O)[nH]c1=O. The number of carbonyl (C=O) groups is 2. The van der Waals surface area contributed by atoms with E-state index in [0.29, 0.717) is 4.90 Å². The van der Waals surface area contributed by atoms with Crippen LogP contribution in [0.25, 0.3) is 0 Å². The summed E-state index contributed by atoms with van der Waals surface area (Å²) in [5.74, 6) is -1.52. The molecule has 108 valence electrons. The topological polar surface area (TPSA) is 129 Å². The van der Waals surface area contributed by atoms with Crippen LogP contribution in [0.15, 0.2) is 28.2 Å². The Morgan fingerprint density at radius 1 is 0.952 bits per heavy atom. The van der Waals surface area contributed by atoms with Gasteiger partial charge in [-0.25, -0.2) is 19.7 Å². The van der Waals surface area contributed by atoms with E-state index in [2.05, 4.69) is 15.0 Å². The highest BCUT2D eigenvalue weighted by atomic mass is 16.2. The summed E-state index contributed by atoms with van der Waals surface area (Å²) in [6, 6.07) is 0. The van der Waals surface area contributed by atoms with E-state index in [4.69, 9.17) is 0 Å². The second-order valence-corrected chi connectivity index (χ2v) is 3.66. The third-order valence-electron chi connectivity index (χ3n) is 2.55. The van der Waals surface area contributed by atoms with Crippen molar-refractivity contribution in [2.45, 2.75) is 13.8 Å². The molecule has 3 heterocycles. The first-order chi connectivity index (χ1) is 10.1. The Balaban J connectivity index is 0.000000774. The number of nitrogens with zero attached hydrogens (tertiary/aromatic N) is 3. The number of aromatic nitrogens is 4. The first-order valence-electron chi connectivity index (χ1n) is 6.11. The van der Waals surface area contributed by atoms with Crippen LogP contribution in [0.1, 0.15) is 34.8 Å². The number of hydrogen-bond donors (Lipinski definition) is 2. The van der Waals surface area contributed by atoms with Crippen LogP contribution in [0.4, 0.5) is 5.69 Å². The summed E-state index contributed by atoms with van der Waals surface area (Å²) >= 11 is 0. The quantitative estimate of drug-likeness (QED) is 0.692. The minimum absolute atomic E-state index is 0.127. The van der Waals surface area contributed by atoms with E-state index in [-0.39, 0.29) is 17.1 Å². The zero-order valence-corrected chi connectivity index (χ0v) is 11.2. The molecule has 0 unspecified atom stereocenters. The lowest BCUT2D eigenvalue weighted by molar-refractivity contribution is 0.0923. The Bertz CT molecular complexity index is 788. The highest BCUT2D eigenvalue weighted by Gasteiger charge is 2.40. The molecular formula is C12H11N5O4. The van der Waals surface area contributed by atoms with Crippen molar-refractivity contribution in [3.63, 3.8) is 0 Å². The number of carbonyl (C=O) groups excluding carboxylic acids is 2. The van der Waals surface area contributed by atoms with Gasteiger partial charge in [0, 0.05) is 18.6 Å². The monoisotopic (exact) mass is 289 g/mol. The van der Waals surface area contributed by atoms with Crippen molar-refractivity contribution < 1.29 is 9.59 Å². The number of aromatic amines is 2. The van der Waals surface area contributed by atoms with Gasteiger partial charge < -0.3 is 4.98 Å². The van der Waals surface area contributed by atoms with Crippen LogP contribution < -0.4 is 16.1 Å². The van der Waals surface area contributed by atoms with E-state index in [1.165, 1.54) is 12.4 Å².